The SMILES string of the molecule is Cc1cc(NC(=O)C(C)OC(=O)c2ccc(C)s2)no1. The van der Waals surface area contributed by atoms with Crippen LogP contribution in [0.4, 0.5) is 5.82 Å². The molecule has 20 heavy (non-hydrogen) atoms. The summed E-state index contributed by atoms with van der Waals surface area (Å²) in [5, 5.41) is 6.14. The Balaban J connectivity index is 1.92. The molecule has 2 heterocycles. The monoisotopic (exact) mass is 294 g/mol. The Labute approximate surface area is 119 Å². The summed E-state index contributed by atoms with van der Waals surface area (Å²) in [5.74, 6) is -0.0941. The molecular formula is C13H14N2O4S. The average Bonchev–Trinajstić information content (AvgIpc) is 2.98. The maximum Gasteiger partial charge on any atom is 0.349 e. The van der Waals surface area contributed by atoms with Crippen molar-refractivity contribution in [3.63, 3.8) is 0 Å². The van der Waals surface area contributed by atoms with E-state index in [1.165, 1.54) is 18.3 Å². The van der Waals surface area contributed by atoms with Crippen LogP contribution in [-0.2, 0) is 9.53 Å². The largest absolute Gasteiger partial charge is 0.448 e. The van der Waals surface area contributed by atoms with Gasteiger partial charge in [0.05, 0.1) is 0 Å². The number of esters is 1. The summed E-state index contributed by atoms with van der Waals surface area (Å²) in [5.41, 5.74) is 0. The lowest BCUT2D eigenvalue weighted by atomic mass is 10.3. The molecule has 1 N–H and O–H groups in total. The van der Waals surface area contributed by atoms with Gasteiger partial charge in [-0.3, -0.25) is 4.79 Å². The molecule has 2 aromatic heterocycles. The predicted octanol–water partition coefficient (Wildman–Crippen LogP) is 2.54. The summed E-state index contributed by atoms with van der Waals surface area (Å²) < 4.78 is 9.92. The van der Waals surface area contributed by atoms with Crippen molar-refractivity contribution in [2.24, 2.45) is 0 Å². The molecule has 2 rings (SSSR count). The summed E-state index contributed by atoms with van der Waals surface area (Å²) in [6.07, 6.45) is -0.915. The zero-order valence-electron chi connectivity index (χ0n) is 11.3. The van der Waals surface area contributed by atoms with Gasteiger partial charge in [-0.05, 0) is 32.9 Å². The van der Waals surface area contributed by atoms with Crippen molar-refractivity contribution in [1.82, 2.24) is 5.16 Å². The fourth-order valence-corrected chi connectivity index (χ4v) is 2.22. The molecule has 1 unspecified atom stereocenters. The molecule has 0 fully saturated rings. The topological polar surface area (TPSA) is 81.4 Å². The second-order valence-electron chi connectivity index (χ2n) is 4.27. The Morgan fingerprint density at radius 3 is 2.70 bits per heavy atom. The highest BCUT2D eigenvalue weighted by atomic mass is 32.1. The predicted molar refractivity (Wildman–Crippen MR) is 73.8 cm³/mol. The van der Waals surface area contributed by atoms with Gasteiger partial charge in [-0.25, -0.2) is 4.79 Å². The van der Waals surface area contributed by atoms with Crippen molar-refractivity contribution in [3.8, 4) is 0 Å². The van der Waals surface area contributed by atoms with Gasteiger partial charge in [-0.2, -0.15) is 0 Å². The molecule has 0 saturated heterocycles. The summed E-state index contributed by atoms with van der Waals surface area (Å²) in [6.45, 7) is 5.11. The van der Waals surface area contributed by atoms with Gasteiger partial charge in [0.1, 0.15) is 10.6 Å². The van der Waals surface area contributed by atoms with Gasteiger partial charge in [0.2, 0.25) is 0 Å². The van der Waals surface area contributed by atoms with E-state index in [0.717, 1.165) is 4.88 Å². The first-order chi connectivity index (χ1) is 9.45. The van der Waals surface area contributed by atoms with E-state index in [1.807, 2.05) is 13.0 Å². The van der Waals surface area contributed by atoms with E-state index in [4.69, 9.17) is 9.26 Å². The minimum atomic E-state index is -0.915. The fourth-order valence-electron chi connectivity index (χ4n) is 1.47. The maximum atomic E-state index is 11.8. The molecule has 0 aliphatic heterocycles. The number of rotatable bonds is 4. The molecule has 1 amide bonds. The van der Waals surface area contributed by atoms with E-state index in [2.05, 4.69) is 10.5 Å². The van der Waals surface area contributed by atoms with Crippen molar-refractivity contribution in [1.29, 1.82) is 0 Å². The number of aryl methyl sites for hydroxylation is 2. The highest BCUT2D eigenvalue weighted by Crippen LogP contribution is 2.17. The third kappa shape index (κ3) is 3.45. The van der Waals surface area contributed by atoms with Gasteiger partial charge in [-0.1, -0.05) is 5.16 Å². The minimum absolute atomic E-state index is 0.294. The van der Waals surface area contributed by atoms with Crippen LogP contribution in [0.25, 0.3) is 0 Å². The molecule has 7 heteroatoms. The van der Waals surface area contributed by atoms with Crippen LogP contribution in [-0.4, -0.2) is 23.1 Å². The summed E-state index contributed by atoms with van der Waals surface area (Å²) >= 11 is 1.32. The van der Waals surface area contributed by atoms with E-state index < -0.39 is 18.0 Å². The zero-order valence-corrected chi connectivity index (χ0v) is 12.1. The maximum absolute atomic E-state index is 11.8. The van der Waals surface area contributed by atoms with Crippen LogP contribution < -0.4 is 5.32 Å². The van der Waals surface area contributed by atoms with E-state index in [0.29, 0.717) is 16.5 Å². The van der Waals surface area contributed by atoms with Crippen molar-refractivity contribution in [2.45, 2.75) is 26.9 Å². The molecule has 0 spiro atoms. The summed E-state index contributed by atoms with van der Waals surface area (Å²) in [6, 6.07) is 5.08. The second-order valence-corrected chi connectivity index (χ2v) is 5.56. The Bertz CT molecular complexity index is 632. The third-order valence-electron chi connectivity index (χ3n) is 2.47. The van der Waals surface area contributed by atoms with Crippen LogP contribution in [0.2, 0.25) is 0 Å². The highest BCUT2D eigenvalue weighted by Gasteiger charge is 2.20. The van der Waals surface area contributed by atoms with E-state index in [9.17, 15) is 9.59 Å². The average molecular weight is 294 g/mol. The van der Waals surface area contributed by atoms with Gasteiger partial charge >= 0.3 is 5.97 Å². The van der Waals surface area contributed by atoms with Crippen LogP contribution in [0.1, 0.15) is 27.2 Å². The molecule has 6 nitrogen and oxygen atoms in total. The number of hydrogen-bond acceptors (Lipinski definition) is 6. The first-order valence-electron chi connectivity index (χ1n) is 5.97. The lowest BCUT2D eigenvalue weighted by Crippen LogP contribution is -2.29. The van der Waals surface area contributed by atoms with Gasteiger partial charge in [0.15, 0.2) is 11.9 Å². The van der Waals surface area contributed by atoms with Crippen LogP contribution in [0.3, 0.4) is 0 Å². The number of hydrogen-bond donors (Lipinski definition) is 1. The molecule has 0 aliphatic carbocycles. The summed E-state index contributed by atoms with van der Waals surface area (Å²) in [4.78, 5) is 25.1. The third-order valence-corrected chi connectivity index (χ3v) is 3.45. The van der Waals surface area contributed by atoms with Crippen molar-refractivity contribution < 1.29 is 18.8 Å². The van der Waals surface area contributed by atoms with Gasteiger partial charge in [-0.15, -0.1) is 11.3 Å². The minimum Gasteiger partial charge on any atom is -0.448 e. The lowest BCUT2D eigenvalue weighted by molar-refractivity contribution is -0.123. The van der Waals surface area contributed by atoms with Crippen LogP contribution in [0.5, 0.6) is 0 Å². The van der Waals surface area contributed by atoms with Crippen LogP contribution in [0, 0.1) is 13.8 Å². The fraction of sp³-hybridized carbons (Fsp3) is 0.308. The van der Waals surface area contributed by atoms with Crippen molar-refractivity contribution >= 4 is 29.0 Å². The number of carbonyl (C=O) groups excluding carboxylic acids is 2. The number of anilines is 1. The lowest BCUT2D eigenvalue weighted by Gasteiger charge is -2.11. The molecule has 0 bridgehead atoms. The van der Waals surface area contributed by atoms with Gasteiger partial charge in [0.25, 0.3) is 5.91 Å². The number of aromatic nitrogens is 1. The second kappa shape index (κ2) is 5.87. The van der Waals surface area contributed by atoms with Crippen molar-refractivity contribution in [2.75, 3.05) is 5.32 Å². The van der Waals surface area contributed by atoms with E-state index in [1.54, 1.807) is 19.1 Å². The molecular weight excluding hydrogens is 280 g/mol. The van der Waals surface area contributed by atoms with Crippen LogP contribution >= 0.6 is 11.3 Å². The van der Waals surface area contributed by atoms with Gasteiger partial charge in [0, 0.05) is 10.9 Å². The molecule has 0 radical (unpaired) electrons. The quantitative estimate of drug-likeness (QED) is 0.876. The van der Waals surface area contributed by atoms with Crippen molar-refractivity contribution in [3.05, 3.63) is 33.7 Å². The Kier molecular flexibility index (Phi) is 4.19. The smallest absolute Gasteiger partial charge is 0.349 e. The molecule has 0 saturated carbocycles. The number of amides is 1. The van der Waals surface area contributed by atoms with E-state index in [-0.39, 0.29) is 0 Å². The zero-order chi connectivity index (χ0) is 14.7. The Hall–Kier alpha value is -2.15. The molecule has 2 aromatic rings. The first-order valence-corrected chi connectivity index (χ1v) is 6.79. The molecule has 1 atom stereocenters. The molecule has 106 valence electrons. The Morgan fingerprint density at radius 2 is 2.15 bits per heavy atom. The molecule has 0 aliphatic rings. The number of thiophene rings is 1. The number of carbonyl (C=O) groups is 2. The first kappa shape index (κ1) is 14.3. The van der Waals surface area contributed by atoms with Crippen LogP contribution in [0.15, 0.2) is 22.7 Å². The standard InChI is InChI=1S/C13H14N2O4S/c1-7-6-11(15-19-7)14-12(16)9(3)18-13(17)10-5-4-8(2)20-10/h4-6,9H,1-3H3,(H,14,15,16). The van der Waals surface area contributed by atoms with Gasteiger partial charge < -0.3 is 14.6 Å². The molecule has 0 aromatic carbocycles. The number of nitrogens with one attached hydrogen (secondary N) is 1. The number of nitrogens with zero attached hydrogens (tertiary/aromatic N) is 1. The number of ether oxygens (including phenoxy) is 1. The Morgan fingerprint density at radius 1 is 1.40 bits per heavy atom. The highest BCUT2D eigenvalue weighted by molar-refractivity contribution is 7.13. The van der Waals surface area contributed by atoms with E-state index >= 15 is 0 Å². The normalized spacial score (nSPS) is 11.9. The summed E-state index contributed by atoms with van der Waals surface area (Å²) in [7, 11) is 0.